The minimum absolute atomic E-state index is 0.0804. The molecule has 0 aliphatic rings. The Balaban J connectivity index is 1.68. The highest BCUT2D eigenvalue weighted by atomic mass is 16.5. The first-order valence-electron chi connectivity index (χ1n) is 10.5. The average molecular weight is 450 g/mol. The maximum absolute atomic E-state index is 12.6. The van der Waals surface area contributed by atoms with Gasteiger partial charge in [0.25, 0.3) is 0 Å². The van der Waals surface area contributed by atoms with Gasteiger partial charge < -0.3 is 24.5 Å². The fraction of sp³-hybridized carbons (Fsp3) is 0.240. The number of hydrogen-bond donors (Lipinski definition) is 2. The summed E-state index contributed by atoms with van der Waals surface area (Å²) in [5, 5.41) is 12.3. The third-order valence-corrected chi connectivity index (χ3v) is 4.64. The number of pyridine rings is 1. The van der Waals surface area contributed by atoms with Crippen LogP contribution in [0, 0.1) is 0 Å². The lowest BCUT2D eigenvalue weighted by molar-refractivity contribution is -0.116. The molecular formula is C25H26N2O6. The van der Waals surface area contributed by atoms with Crippen LogP contribution in [0.3, 0.4) is 0 Å². The molecule has 1 aromatic heterocycles. The van der Waals surface area contributed by atoms with Crippen molar-refractivity contribution >= 4 is 17.6 Å². The molecule has 0 aliphatic heterocycles. The van der Waals surface area contributed by atoms with Gasteiger partial charge in [-0.2, -0.15) is 0 Å². The number of hydrogen-bond acceptors (Lipinski definition) is 6. The molecule has 172 valence electrons. The molecule has 0 aliphatic carbocycles. The van der Waals surface area contributed by atoms with Crippen LogP contribution in [0.5, 0.6) is 5.75 Å². The van der Waals surface area contributed by atoms with E-state index < -0.39 is 12.6 Å². The van der Waals surface area contributed by atoms with Crippen LogP contribution in [0.15, 0.2) is 71.7 Å². The average Bonchev–Trinajstić information content (AvgIpc) is 2.79. The molecule has 0 saturated carbocycles. The number of aliphatic hydroxyl groups excluding tert-OH is 1. The second-order valence-corrected chi connectivity index (χ2v) is 7.63. The smallest absolute Gasteiger partial charge is 0.338 e. The fourth-order valence-electron chi connectivity index (χ4n) is 3.05. The molecule has 8 heteroatoms. The Hall–Kier alpha value is -3.91. The predicted molar refractivity (Wildman–Crippen MR) is 123 cm³/mol. The minimum atomic E-state index is -0.438. The van der Waals surface area contributed by atoms with Gasteiger partial charge in [-0.15, -0.1) is 0 Å². The largest absolute Gasteiger partial charge is 0.483 e. The molecule has 0 bridgehead atoms. The van der Waals surface area contributed by atoms with Gasteiger partial charge in [-0.3, -0.25) is 9.59 Å². The van der Waals surface area contributed by atoms with Gasteiger partial charge in [0.15, 0.2) is 5.75 Å². The van der Waals surface area contributed by atoms with E-state index in [1.807, 2.05) is 30.3 Å². The normalized spacial score (nSPS) is 10.7. The van der Waals surface area contributed by atoms with Crippen molar-refractivity contribution in [3.05, 3.63) is 93.9 Å². The molecule has 3 rings (SSSR count). The Bertz CT molecular complexity index is 1150. The van der Waals surface area contributed by atoms with Gasteiger partial charge in [0, 0.05) is 17.4 Å². The first kappa shape index (κ1) is 23.7. The Labute approximate surface area is 191 Å². The highest BCUT2D eigenvalue weighted by Crippen LogP contribution is 2.13. The molecule has 2 aromatic carbocycles. The maximum Gasteiger partial charge on any atom is 0.338 e. The van der Waals surface area contributed by atoms with Gasteiger partial charge in [0.05, 0.1) is 24.5 Å². The van der Waals surface area contributed by atoms with Crippen molar-refractivity contribution in [1.82, 2.24) is 4.57 Å². The number of carbonyl (C=O) groups excluding carboxylic acids is 2. The number of benzene rings is 2. The van der Waals surface area contributed by atoms with Crippen LogP contribution in [0.4, 0.5) is 5.69 Å². The number of rotatable bonds is 9. The van der Waals surface area contributed by atoms with Crippen molar-refractivity contribution in [1.29, 1.82) is 0 Å². The molecule has 0 saturated heterocycles. The van der Waals surface area contributed by atoms with Crippen molar-refractivity contribution < 1.29 is 24.2 Å². The van der Waals surface area contributed by atoms with Gasteiger partial charge in [-0.25, -0.2) is 4.79 Å². The summed E-state index contributed by atoms with van der Waals surface area (Å²) in [7, 11) is 0. The van der Waals surface area contributed by atoms with Gasteiger partial charge in [-0.05, 0) is 43.7 Å². The van der Waals surface area contributed by atoms with Gasteiger partial charge in [-0.1, -0.05) is 30.3 Å². The molecule has 0 spiro atoms. The number of carbonyl (C=O) groups is 2. The number of anilines is 1. The number of aromatic nitrogens is 1. The molecule has 0 radical (unpaired) electrons. The number of aliphatic hydroxyl groups is 1. The fourth-order valence-corrected chi connectivity index (χ4v) is 3.05. The van der Waals surface area contributed by atoms with Crippen LogP contribution in [-0.4, -0.2) is 27.7 Å². The lowest BCUT2D eigenvalue weighted by Gasteiger charge is -2.15. The van der Waals surface area contributed by atoms with E-state index in [1.54, 1.807) is 38.1 Å². The zero-order valence-electron chi connectivity index (χ0n) is 18.5. The van der Waals surface area contributed by atoms with E-state index in [4.69, 9.17) is 9.47 Å². The van der Waals surface area contributed by atoms with Gasteiger partial charge in [0.1, 0.15) is 13.2 Å². The monoisotopic (exact) mass is 450 g/mol. The SMILES string of the molecule is CC(C)OC(=O)c1ccc(NC(=O)Cn2cc(OCc3ccccc3)c(=O)cc2CO)cc1. The quantitative estimate of drug-likeness (QED) is 0.485. The minimum Gasteiger partial charge on any atom is -0.483 e. The summed E-state index contributed by atoms with van der Waals surface area (Å²) in [5.74, 6) is -0.733. The van der Waals surface area contributed by atoms with Gasteiger partial charge >= 0.3 is 5.97 Å². The lowest BCUT2D eigenvalue weighted by atomic mass is 10.2. The van der Waals surface area contributed by atoms with Crippen molar-refractivity contribution in [3.8, 4) is 5.75 Å². The molecule has 0 atom stereocenters. The number of nitrogens with zero attached hydrogens (tertiary/aromatic N) is 1. The van der Waals surface area contributed by atoms with E-state index >= 15 is 0 Å². The summed E-state index contributed by atoms with van der Waals surface area (Å²) in [4.78, 5) is 36.8. The van der Waals surface area contributed by atoms with Crippen LogP contribution >= 0.6 is 0 Å². The highest BCUT2D eigenvalue weighted by Gasteiger charge is 2.13. The van der Waals surface area contributed by atoms with E-state index in [1.165, 1.54) is 16.8 Å². The number of nitrogens with one attached hydrogen (secondary N) is 1. The van der Waals surface area contributed by atoms with E-state index in [0.717, 1.165) is 5.56 Å². The molecule has 2 N–H and O–H groups in total. The summed E-state index contributed by atoms with van der Waals surface area (Å²) in [6.45, 7) is 3.18. The summed E-state index contributed by atoms with van der Waals surface area (Å²) in [5.41, 5.74) is 1.68. The van der Waals surface area contributed by atoms with Crippen molar-refractivity contribution in [2.75, 3.05) is 5.32 Å². The lowest BCUT2D eigenvalue weighted by Crippen LogP contribution is -2.23. The molecule has 3 aromatic rings. The van der Waals surface area contributed by atoms with Crippen LogP contribution in [0.25, 0.3) is 0 Å². The number of esters is 1. The Morgan fingerprint density at radius 1 is 1.06 bits per heavy atom. The Morgan fingerprint density at radius 3 is 2.39 bits per heavy atom. The third kappa shape index (κ3) is 6.78. The topological polar surface area (TPSA) is 107 Å². The molecule has 0 unspecified atom stereocenters. The first-order valence-corrected chi connectivity index (χ1v) is 10.5. The molecule has 0 fully saturated rings. The highest BCUT2D eigenvalue weighted by molar-refractivity contribution is 5.93. The summed E-state index contributed by atoms with van der Waals surface area (Å²) in [6.07, 6.45) is 1.19. The summed E-state index contributed by atoms with van der Waals surface area (Å²) < 4.78 is 12.2. The number of ether oxygens (including phenoxy) is 2. The molecule has 8 nitrogen and oxygen atoms in total. The molecule has 1 heterocycles. The summed E-state index contributed by atoms with van der Waals surface area (Å²) in [6, 6.07) is 17.0. The zero-order chi connectivity index (χ0) is 23.8. The van der Waals surface area contributed by atoms with Crippen LogP contribution < -0.4 is 15.5 Å². The Morgan fingerprint density at radius 2 is 1.76 bits per heavy atom. The Kier molecular flexibility index (Phi) is 7.99. The molecule has 33 heavy (non-hydrogen) atoms. The van der Waals surface area contributed by atoms with E-state index in [9.17, 15) is 19.5 Å². The second kappa shape index (κ2) is 11.1. The summed E-state index contributed by atoms with van der Waals surface area (Å²) >= 11 is 0. The third-order valence-electron chi connectivity index (χ3n) is 4.64. The number of amides is 1. The van der Waals surface area contributed by atoms with Gasteiger partial charge in [0.2, 0.25) is 11.3 Å². The predicted octanol–water partition coefficient (Wildman–Crippen LogP) is 3.12. The van der Waals surface area contributed by atoms with E-state index in [2.05, 4.69) is 5.32 Å². The standard InChI is InChI=1S/C25H26N2O6/c1-17(2)33-25(31)19-8-10-20(11-9-19)26-24(30)14-27-13-23(22(29)12-21(27)15-28)32-16-18-6-4-3-5-7-18/h3-13,17,28H,14-16H2,1-2H3,(H,26,30). The zero-order valence-corrected chi connectivity index (χ0v) is 18.5. The van der Waals surface area contributed by atoms with Crippen molar-refractivity contribution in [3.63, 3.8) is 0 Å². The second-order valence-electron chi connectivity index (χ2n) is 7.63. The van der Waals surface area contributed by atoms with Crippen molar-refractivity contribution in [2.24, 2.45) is 0 Å². The van der Waals surface area contributed by atoms with E-state index in [0.29, 0.717) is 11.3 Å². The van der Waals surface area contributed by atoms with Crippen LogP contribution in [0.2, 0.25) is 0 Å². The van der Waals surface area contributed by atoms with Crippen LogP contribution in [0.1, 0.15) is 35.5 Å². The molecule has 1 amide bonds. The van der Waals surface area contributed by atoms with Crippen molar-refractivity contribution in [2.45, 2.75) is 39.7 Å². The first-order chi connectivity index (χ1) is 15.9. The maximum atomic E-state index is 12.6. The van der Waals surface area contributed by atoms with E-state index in [-0.39, 0.29) is 42.0 Å². The van der Waals surface area contributed by atoms with Crippen LogP contribution in [-0.2, 0) is 29.3 Å². The molecular weight excluding hydrogens is 424 g/mol.